The quantitative estimate of drug-likeness (QED) is 0.477. The molecule has 1 amide bonds. The molecule has 0 aliphatic carbocycles. The van der Waals surface area contributed by atoms with Crippen LogP contribution in [0.15, 0.2) is 60.7 Å². The van der Waals surface area contributed by atoms with E-state index in [0.29, 0.717) is 32.5 Å². The number of amides is 1. The predicted octanol–water partition coefficient (Wildman–Crippen LogP) is 6.94. The molecule has 0 aliphatic heterocycles. The van der Waals surface area contributed by atoms with Gasteiger partial charge >= 0.3 is 6.18 Å². The molecule has 0 aliphatic rings. The first-order chi connectivity index (χ1) is 13.7. The van der Waals surface area contributed by atoms with Crippen LogP contribution < -0.4 is 10.1 Å². The molecule has 0 aromatic heterocycles. The Morgan fingerprint density at radius 1 is 0.931 bits per heavy atom. The van der Waals surface area contributed by atoms with Gasteiger partial charge in [-0.05, 0) is 60.2 Å². The van der Waals surface area contributed by atoms with Gasteiger partial charge in [0.25, 0.3) is 5.91 Å². The lowest BCUT2D eigenvalue weighted by molar-refractivity contribution is -0.137. The third-order valence-corrected chi connectivity index (χ3v) is 4.90. The third-order valence-electron chi connectivity index (χ3n) is 4.16. The number of hydrogen-bond acceptors (Lipinski definition) is 2. The Morgan fingerprint density at radius 3 is 2.21 bits per heavy atom. The van der Waals surface area contributed by atoms with Crippen molar-refractivity contribution in [2.45, 2.75) is 6.18 Å². The van der Waals surface area contributed by atoms with Crippen LogP contribution in [0.1, 0.15) is 15.9 Å². The zero-order valence-corrected chi connectivity index (χ0v) is 16.5. The Kier molecular flexibility index (Phi) is 6.05. The first-order valence-corrected chi connectivity index (χ1v) is 9.06. The molecule has 0 heterocycles. The van der Waals surface area contributed by atoms with E-state index in [9.17, 15) is 18.0 Å². The van der Waals surface area contributed by atoms with E-state index in [-0.39, 0.29) is 5.69 Å². The highest BCUT2D eigenvalue weighted by Gasteiger charge is 2.30. The van der Waals surface area contributed by atoms with Crippen LogP contribution in [0.3, 0.4) is 0 Å². The minimum atomic E-state index is -4.44. The van der Waals surface area contributed by atoms with Crippen LogP contribution in [0.5, 0.6) is 5.75 Å². The fraction of sp³-hybridized carbons (Fsp3) is 0.0952. The van der Waals surface area contributed by atoms with Gasteiger partial charge in [-0.2, -0.15) is 13.2 Å². The number of anilines is 1. The highest BCUT2D eigenvalue weighted by atomic mass is 35.5. The predicted molar refractivity (Wildman–Crippen MR) is 108 cm³/mol. The molecule has 0 radical (unpaired) electrons. The maximum absolute atomic E-state index is 12.7. The number of carbonyl (C=O) groups excluding carboxylic acids is 1. The fourth-order valence-electron chi connectivity index (χ4n) is 2.68. The Hall–Kier alpha value is -2.70. The summed E-state index contributed by atoms with van der Waals surface area (Å²) in [5.41, 5.74) is 1.06. The molecule has 3 nitrogen and oxygen atoms in total. The monoisotopic (exact) mass is 439 g/mol. The lowest BCUT2D eigenvalue weighted by Crippen LogP contribution is -2.12. The summed E-state index contributed by atoms with van der Waals surface area (Å²) >= 11 is 12.0. The summed E-state index contributed by atoms with van der Waals surface area (Å²) in [6.07, 6.45) is -4.44. The second kappa shape index (κ2) is 8.35. The summed E-state index contributed by atoms with van der Waals surface area (Å²) in [6, 6.07) is 14.0. The summed E-state index contributed by atoms with van der Waals surface area (Å²) in [7, 11) is 1.50. The molecule has 1 N–H and O–H groups in total. The zero-order valence-electron chi connectivity index (χ0n) is 15.0. The van der Waals surface area contributed by atoms with Gasteiger partial charge in [-0.25, -0.2) is 0 Å². The summed E-state index contributed by atoms with van der Waals surface area (Å²) in [4.78, 5) is 12.6. The van der Waals surface area contributed by atoms with Crippen molar-refractivity contribution in [3.63, 3.8) is 0 Å². The van der Waals surface area contributed by atoms with Gasteiger partial charge in [0.2, 0.25) is 0 Å². The van der Waals surface area contributed by atoms with E-state index < -0.39 is 17.6 Å². The van der Waals surface area contributed by atoms with E-state index >= 15 is 0 Å². The van der Waals surface area contributed by atoms with Gasteiger partial charge in [0.05, 0.1) is 22.7 Å². The minimum absolute atomic E-state index is 0.245. The van der Waals surface area contributed by atoms with E-state index in [2.05, 4.69) is 5.32 Å². The van der Waals surface area contributed by atoms with Crippen molar-refractivity contribution in [1.29, 1.82) is 0 Å². The first kappa shape index (κ1) is 21.0. The van der Waals surface area contributed by atoms with Gasteiger partial charge < -0.3 is 10.1 Å². The van der Waals surface area contributed by atoms with Crippen molar-refractivity contribution < 1.29 is 22.7 Å². The SMILES string of the molecule is COc1ccc(C(=O)Nc2ccc(C(F)(F)F)cc2)cc1-c1ccc(Cl)c(Cl)c1. The van der Waals surface area contributed by atoms with Crippen LogP contribution in [0.25, 0.3) is 11.1 Å². The topological polar surface area (TPSA) is 38.3 Å². The second-order valence-electron chi connectivity index (χ2n) is 6.07. The molecule has 0 atom stereocenters. The Morgan fingerprint density at radius 2 is 1.62 bits per heavy atom. The highest BCUT2D eigenvalue weighted by molar-refractivity contribution is 6.42. The standard InChI is InChI=1S/C21H14Cl2F3NO2/c1-29-19-9-3-13(10-16(19)12-2-8-17(22)18(23)11-12)20(28)27-15-6-4-14(5-7-15)21(24,25)26/h2-11H,1H3,(H,27,28). The number of nitrogens with one attached hydrogen (secondary N) is 1. The van der Waals surface area contributed by atoms with Crippen LogP contribution in [0, 0.1) is 0 Å². The van der Waals surface area contributed by atoms with Crippen molar-refractivity contribution in [3.05, 3.63) is 81.8 Å². The van der Waals surface area contributed by atoms with Crippen molar-refractivity contribution >= 4 is 34.8 Å². The molecule has 0 bridgehead atoms. The van der Waals surface area contributed by atoms with Gasteiger partial charge in [0.15, 0.2) is 0 Å². The van der Waals surface area contributed by atoms with Crippen molar-refractivity contribution in [2.24, 2.45) is 0 Å². The van der Waals surface area contributed by atoms with Gasteiger partial charge in [-0.1, -0.05) is 29.3 Å². The molecule has 150 valence electrons. The van der Waals surface area contributed by atoms with E-state index in [1.807, 2.05) is 0 Å². The molecule has 0 spiro atoms. The fourth-order valence-corrected chi connectivity index (χ4v) is 2.98. The molecule has 3 aromatic carbocycles. The molecular formula is C21H14Cl2F3NO2. The number of halogens is 5. The molecule has 3 aromatic rings. The number of alkyl halides is 3. The van der Waals surface area contributed by atoms with E-state index in [1.165, 1.54) is 19.2 Å². The summed E-state index contributed by atoms with van der Waals surface area (Å²) in [6.45, 7) is 0. The Bertz CT molecular complexity index is 1050. The minimum Gasteiger partial charge on any atom is -0.496 e. The van der Waals surface area contributed by atoms with E-state index in [4.69, 9.17) is 27.9 Å². The Labute approximate surface area is 175 Å². The van der Waals surface area contributed by atoms with Gasteiger partial charge in [-0.15, -0.1) is 0 Å². The summed E-state index contributed by atoms with van der Waals surface area (Å²) < 4.78 is 43.3. The lowest BCUT2D eigenvalue weighted by Gasteiger charge is -2.13. The van der Waals surface area contributed by atoms with Crippen LogP contribution in [0.2, 0.25) is 10.0 Å². The average Bonchev–Trinajstić information content (AvgIpc) is 2.69. The molecule has 0 unspecified atom stereocenters. The summed E-state index contributed by atoms with van der Waals surface area (Å²) in [5.74, 6) is 0.0446. The zero-order chi connectivity index (χ0) is 21.2. The molecule has 0 fully saturated rings. The smallest absolute Gasteiger partial charge is 0.416 e. The van der Waals surface area contributed by atoms with Crippen molar-refractivity contribution in [3.8, 4) is 16.9 Å². The van der Waals surface area contributed by atoms with Crippen LogP contribution in [-0.4, -0.2) is 13.0 Å². The van der Waals surface area contributed by atoms with Gasteiger partial charge in [-0.3, -0.25) is 4.79 Å². The molecule has 8 heteroatoms. The van der Waals surface area contributed by atoms with Gasteiger partial charge in [0, 0.05) is 16.8 Å². The number of benzene rings is 3. The molecule has 3 rings (SSSR count). The molecule has 29 heavy (non-hydrogen) atoms. The Balaban J connectivity index is 1.88. The van der Waals surface area contributed by atoms with E-state index in [0.717, 1.165) is 12.1 Å². The van der Waals surface area contributed by atoms with Crippen molar-refractivity contribution in [1.82, 2.24) is 0 Å². The maximum Gasteiger partial charge on any atom is 0.416 e. The van der Waals surface area contributed by atoms with Gasteiger partial charge in [0.1, 0.15) is 5.75 Å². The first-order valence-electron chi connectivity index (χ1n) is 8.31. The lowest BCUT2D eigenvalue weighted by atomic mass is 10.0. The normalized spacial score (nSPS) is 11.2. The second-order valence-corrected chi connectivity index (χ2v) is 6.89. The number of hydrogen-bond donors (Lipinski definition) is 1. The van der Waals surface area contributed by atoms with Crippen molar-refractivity contribution in [2.75, 3.05) is 12.4 Å². The van der Waals surface area contributed by atoms with E-state index in [1.54, 1.807) is 36.4 Å². The number of methoxy groups -OCH3 is 1. The van der Waals surface area contributed by atoms with Crippen LogP contribution >= 0.6 is 23.2 Å². The van der Waals surface area contributed by atoms with Crippen LogP contribution in [0.4, 0.5) is 18.9 Å². The average molecular weight is 440 g/mol. The molecule has 0 saturated heterocycles. The van der Waals surface area contributed by atoms with Crippen LogP contribution in [-0.2, 0) is 6.18 Å². The number of carbonyl (C=O) groups is 1. The molecule has 0 saturated carbocycles. The molecular weight excluding hydrogens is 426 g/mol. The third kappa shape index (κ3) is 4.83. The summed E-state index contributed by atoms with van der Waals surface area (Å²) in [5, 5.41) is 3.33. The highest BCUT2D eigenvalue weighted by Crippen LogP contribution is 2.35. The maximum atomic E-state index is 12.7. The number of ether oxygens (including phenoxy) is 1. The number of rotatable bonds is 4. The largest absolute Gasteiger partial charge is 0.496 e.